The fourth-order valence-electron chi connectivity index (χ4n) is 3.14. The van der Waals surface area contributed by atoms with E-state index in [0.29, 0.717) is 26.4 Å². The molecule has 0 unspecified atom stereocenters. The van der Waals surface area contributed by atoms with Gasteiger partial charge in [0.25, 0.3) is 5.91 Å². The highest BCUT2D eigenvalue weighted by Gasteiger charge is 2.43. The average Bonchev–Trinajstić information content (AvgIpc) is 2.96. The fraction of sp³-hybridized carbons (Fsp3) is 0.316. The topological polar surface area (TPSA) is 62.2 Å². The SMILES string of the molecule is COC(=O)C1=C(C)N=C2SC(C(=O)N(C)C)=C(C)N2[C@H]1c1ccccc1Cl. The lowest BCUT2D eigenvalue weighted by atomic mass is 9.94. The third-order valence-electron chi connectivity index (χ3n) is 4.48. The number of benzene rings is 1. The first-order valence-electron chi connectivity index (χ1n) is 8.29. The highest BCUT2D eigenvalue weighted by atomic mass is 35.5. The minimum atomic E-state index is -0.515. The van der Waals surface area contributed by atoms with Crippen LogP contribution in [0.15, 0.2) is 51.1 Å². The molecule has 2 aliphatic rings. The molecule has 6 nitrogen and oxygen atoms in total. The van der Waals surface area contributed by atoms with Gasteiger partial charge in [0.15, 0.2) is 5.17 Å². The van der Waals surface area contributed by atoms with Crippen LogP contribution in [0.4, 0.5) is 0 Å². The predicted molar refractivity (Wildman–Crippen MR) is 107 cm³/mol. The van der Waals surface area contributed by atoms with Gasteiger partial charge in [-0.15, -0.1) is 0 Å². The molecule has 0 aromatic heterocycles. The van der Waals surface area contributed by atoms with E-state index in [1.807, 2.05) is 30.0 Å². The molecule has 0 bridgehead atoms. The zero-order valence-electron chi connectivity index (χ0n) is 15.7. The summed E-state index contributed by atoms with van der Waals surface area (Å²) in [5.74, 6) is -0.574. The molecule has 0 N–H and O–H groups in total. The van der Waals surface area contributed by atoms with E-state index >= 15 is 0 Å². The molecule has 0 saturated heterocycles. The van der Waals surface area contributed by atoms with Gasteiger partial charge in [-0.05, 0) is 37.2 Å². The Hall–Kier alpha value is -2.25. The highest BCUT2D eigenvalue weighted by molar-refractivity contribution is 8.18. The number of halogens is 1. The molecule has 1 atom stereocenters. The Labute approximate surface area is 167 Å². The Morgan fingerprint density at radius 2 is 1.93 bits per heavy atom. The van der Waals surface area contributed by atoms with Crippen molar-refractivity contribution in [2.75, 3.05) is 21.2 Å². The van der Waals surface area contributed by atoms with Crippen molar-refractivity contribution < 1.29 is 14.3 Å². The van der Waals surface area contributed by atoms with Crippen molar-refractivity contribution in [2.45, 2.75) is 19.9 Å². The maximum Gasteiger partial charge on any atom is 0.338 e. The number of amides is 1. The molecule has 2 heterocycles. The summed E-state index contributed by atoms with van der Waals surface area (Å²) in [5.41, 5.74) is 2.45. The normalized spacial score (nSPS) is 19.1. The lowest BCUT2D eigenvalue weighted by Crippen LogP contribution is -2.36. The molecule has 0 spiro atoms. The van der Waals surface area contributed by atoms with Gasteiger partial charge >= 0.3 is 5.97 Å². The van der Waals surface area contributed by atoms with Crippen LogP contribution in [0, 0.1) is 0 Å². The van der Waals surface area contributed by atoms with E-state index in [2.05, 4.69) is 4.99 Å². The van der Waals surface area contributed by atoms with E-state index in [1.165, 1.54) is 23.8 Å². The van der Waals surface area contributed by atoms with Crippen molar-refractivity contribution in [2.24, 2.45) is 4.99 Å². The van der Waals surface area contributed by atoms with Gasteiger partial charge in [0, 0.05) is 24.8 Å². The Morgan fingerprint density at radius 1 is 1.26 bits per heavy atom. The molecule has 0 fully saturated rings. The van der Waals surface area contributed by atoms with Crippen molar-refractivity contribution >= 4 is 40.4 Å². The van der Waals surface area contributed by atoms with Crippen LogP contribution < -0.4 is 0 Å². The van der Waals surface area contributed by atoms with Crippen LogP contribution in [-0.4, -0.2) is 48.0 Å². The van der Waals surface area contributed by atoms with Crippen LogP contribution in [0.3, 0.4) is 0 Å². The van der Waals surface area contributed by atoms with Gasteiger partial charge < -0.3 is 14.5 Å². The second-order valence-corrected chi connectivity index (χ2v) is 7.78. The number of fused-ring (bicyclic) bond motifs is 1. The maximum atomic E-state index is 12.6. The minimum Gasteiger partial charge on any atom is -0.466 e. The zero-order chi connectivity index (χ0) is 19.9. The van der Waals surface area contributed by atoms with E-state index in [1.54, 1.807) is 27.1 Å². The molecule has 0 radical (unpaired) electrons. The van der Waals surface area contributed by atoms with Crippen LogP contribution >= 0.6 is 23.4 Å². The molecule has 27 heavy (non-hydrogen) atoms. The van der Waals surface area contributed by atoms with Crippen molar-refractivity contribution in [1.29, 1.82) is 0 Å². The Kier molecular flexibility index (Phi) is 5.35. The molecule has 1 aromatic carbocycles. The van der Waals surface area contributed by atoms with Crippen LogP contribution in [-0.2, 0) is 14.3 Å². The molecule has 2 aliphatic heterocycles. The summed E-state index contributed by atoms with van der Waals surface area (Å²) in [6.45, 7) is 3.62. The van der Waals surface area contributed by atoms with Gasteiger partial charge in [0.2, 0.25) is 0 Å². The second-order valence-electron chi connectivity index (χ2n) is 6.40. The van der Waals surface area contributed by atoms with Gasteiger partial charge in [-0.2, -0.15) is 0 Å². The third-order valence-corrected chi connectivity index (χ3v) is 5.97. The average molecular weight is 406 g/mol. The van der Waals surface area contributed by atoms with E-state index < -0.39 is 12.0 Å². The van der Waals surface area contributed by atoms with Gasteiger partial charge in [-0.3, -0.25) is 4.79 Å². The molecule has 0 aliphatic carbocycles. The van der Waals surface area contributed by atoms with Crippen LogP contribution in [0.1, 0.15) is 25.5 Å². The third kappa shape index (κ3) is 3.26. The molecule has 1 aromatic rings. The summed E-state index contributed by atoms with van der Waals surface area (Å²) in [7, 11) is 4.75. The monoisotopic (exact) mass is 405 g/mol. The number of rotatable bonds is 3. The summed E-state index contributed by atoms with van der Waals surface area (Å²) in [6, 6.07) is 6.83. The van der Waals surface area contributed by atoms with Crippen molar-refractivity contribution in [3.63, 3.8) is 0 Å². The number of carbonyl (C=O) groups excluding carboxylic acids is 2. The summed E-state index contributed by atoms with van der Waals surface area (Å²) in [6.07, 6.45) is 0. The van der Waals surface area contributed by atoms with E-state index in [-0.39, 0.29) is 5.91 Å². The largest absolute Gasteiger partial charge is 0.466 e. The Morgan fingerprint density at radius 3 is 2.52 bits per heavy atom. The molecule has 8 heteroatoms. The highest BCUT2D eigenvalue weighted by Crippen LogP contribution is 2.48. The number of aliphatic imine (C=N–C) groups is 1. The van der Waals surface area contributed by atoms with Crippen LogP contribution in [0.2, 0.25) is 5.02 Å². The Bertz CT molecular complexity index is 921. The number of hydrogen-bond acceptors (Lipinski definition) is 6. The number of esters is 1. The number of ether oxygens (including phenoxy) is 1. The minimum absolute atomic E-state index is 0.107. The Balaban J connectivity index is 2.22. The van der Waals surface area contributed by atoms with Crippen molar-refractivity contribution in [3.05, 3.63) is 56.7 Å². The molecule has 0 saturated carbocycles. The lowest BCUT2D eigenvalue weighted by Gasteiger charge is -2.35. The quantitative estimate of drug-likeness (QED) is 0.719. The predicted octanol–water partition coefficient (Wildman–Crippen LogP) is 3.57. The first kappa shape index (κ1) is 19.5. The molecule has 3 rings (SSSR count). The number of amidine groups is 1. The molecule has 1 amide bonds. The van der Waals surface area contributed by atoms with E-state index in [4.69, 9.17) is 16.3 Å². The van der Waals surface area contributed by atoms with Gasteiger partial charge in [-0.1, -0.05) is 29.8 Å². The summed E-state index contributed by atoms with van der Waals surface area (Å²) in [4.78, 5) is 33.7. The zero-order valence-corrected chi connectivity index (χ0v) is 17.3. The van der Waals surface area contributed by atoms with Gasteiger partial charge in [0.05, 0.1) is 29.3 Å². The fourth-order valence-corrected chi connectivity index (χ4v) is 4.60. The smallest absolute Gasteiger partial charge is 0.338 e. The summed E-state index contributed by atoms with van der Waals surface area (Å²) in [5, 5.41) is 1.18. The number of nitrogens with zero attached hydrogens (tertiary/aromatic N) is 3. The number of thioether (sulfide) groups is 1. The standard InChI is InChI=1S/C19H20ClN3O3S/c1-10-14(18(25)26-5)15(12-8-6-7-9-13(12)20)23-11(2)16(17(24)22(3)4)27-19(23)21-10/h6-9,15H,1-5H3/t15-/m0/s1. The first-order valence-corrected chi connectivity index (χ1v) is 9.49. The maximum absolute atomic E-state index is 12.6. The number of likely N-dealkylation sites (N-methyl/N-ethyl adjacent to an activating group) is 1. The van der Waals surface area contributed by atoms with Gasteiger partial charge in [-0.25, -0.2) is 9.79 Å². The molecular formula is C19H20ClN3O3S. The second kappa shape index (κ2) is 7.40. The van der Waals surface area contributed by atoms with Crippen molar-refractivity contribution in [3.8, 4) is 0 Å². The van der Waals surface area contributed by atoms with Crippen molar-refractivity contribution in [1.82, 2.24) is 9.80 Å². The number of methoxy groups -OCH3 is 1. The lowest BCUT2D eigenvalue weighted by molar-refractivity contribution is -0.136. The van der Waals surface area contributed by atoms with Gasteiger partial charge in [0.1, 0.15) is 0 Å². The van der Waals surface area contributed by atoms with E-state index in [0.717, 1.165) is 11.3 Å². The van der Waals surface area contributed by atoms with E-state index in [9.17, 15) is 9.59 Å². The number of carbonyl (C=O) groups is 2. The number of allylic oxidation sites excluding steroid dienone is 2. The molecule has 142 valence electrons. The van der Waals surface area contributed by atoms with Crippen LogP contribution in [0.25, 0.3) is 0 Å². The first-order chi connectivity index (χ1) is 12.8. The van der Waals surface area contributed by atoms with Crippen LogP contribution in [0.5, 0.6) is 0 Å². The number of hydrogen-bond donors (Lipinski definition) is 0. The molecular weight excluding hydrogens is 386 g/mol. The summed E-state index contributed by atoms with van der Waals surface area (Å²) < 4.78 is 5.01. The summed E-state index contributed by atoms with van der Waals surface area (Å²) >= 11 is 7.77.